The molecule has 2 N–H and O–H groups in total. The Balaban J connectivity index is 2.11. The monoisotopic (exact) mass is 264 g/mol. The van der Waals surface area contributed by atoms with Crippen molar-refractivity contribution in [3.05, 3.63) is 40.0 Å². The average molecular weight is 264 g/mol. The number of aromatic nitrogens is 1. The number of halogens is 1. The molecule has 0 aliphatic carbocycles. The molecule has 0 bridgehead atoms. The molecular formula is C14H17FN2S. The number of nitrogens with two attached hydrogens (primary N) is 1. The topological polar surface area (TPSA) is 38.9 Å². The normalized spacial score (nSPS) is 10.8. The van der Waals surface area contributed by atoms with Crippen molar-refractivity contribution in [2.75, 3.05) is 6.54 Å². The number of hydrogen-bond acceptors (Lipinski definition) is 3. The van der Waals surface area contributed by atoms with Crippen molar-refractivity contribution in [3.63, 3.8) is 0 Å². The quantitative estimate of drug-likeness (QED) is 0.839. The highest BCUT2D eigenvalue weighted by Crippen LogP contribution is 2.24. The summed E-state index contributed by atoms with van der Waals surface area (Å²) in [5.74, 6) is -0.176. The lowest BCUT2D eigenvalue weighted by molar-refractivity contribution is 0.619. The van der Waals surface area contributed by atoms with Crippen molar-refractivity contribution in [3.8, 4) is 11.3 Å². The minimum Gasteiger partial charge on any atom is -0.330 e. The fraction of sp³-hybridized carbons (Fsp3) is 0.357. The van der Waals surface area contributed by atoms with Gasteiger partial charge in [0, 0.05) is 10.9 Å². The summed E-state index contributed by atoms with van der Waals surface area (Å²) in [6, 6.07) is 5.25. The molecule has 0 fully saturated rings. The van der Waals surface area contributed by atoms with Gasteiger partial charge < -0.3 is 5.73 Å². The molecule has 0 atom stereocenters. The first-order valence-corrected chi connectivity index (χ1v) is 6.99. The maximum atomic E-state index is 13.5. The summed E-state index contributed by atoms with van der Waals surface area (Å²) in [6.45, 7) is 2.49. The molecule has 1 heterocycles. The van der Waals surface area contributed by atoms with E-state index in [0.29, 0.717) is 5.56 Å². The van der Waals surface area contributed by atoms with Crippen LogP contribution in [0.3, 0.4) is 0 Å². The maximum Gasteiger partial charge on any atom is 0.126 e. The van der Waals surface area contributed by atoms with Crippen molar-refractivity contribution >= 4 is 11.3 Å². The largest absolute Gasteiger partial charge is 0.330 e. The van der Waals surface area contributed by atoms with Crippen molar-refractivity contribution in [2.45, 2.75) is 26.2 Å². The zero-order valence-electron chi connectivity index (χ0n) is 10.4. The van der Waals surface area contributed by atoms with E-state index in [-0.39, 0.29) is 5.82 Å². The molecule has 18 heavy (non-hydrogen) atoms. The van der Waals surface area contributed by atoms with Gasteiger partial charge in [-0.3, -0.25) is 0 Å². The Morgan fingerprint density at radius 3 is 2.89 bits per heavy atom. The predicted octanol–water partition coefficient (Wildman–Crippen LogP) is 3.54. The van der Waals surface area contributed by atoms with Gasteiger partial charge in [0.05, 0.1) is 10.7 Å². The fourth-order valence-electron chi connectivity index (χ4n) is 1.73. The number of hydrogen-bond donors (Lipinski definition) is 1. The Morgan fingerprint density at radius 2 is 2.17 bits per heavy atom. The number of rotatable bonds is 5. The zero-order chi connectivity index (χ0) is 13.0. The lowest BCUT2D eigenvalue weighted by Gasteiger charge is -2.00. The Morgan fingerprint density at radius 1 is 1.33 bits per heavy atom. The van der Waals surface area contributed by atoms with Crippen molar-refractivity contribution in [2.24, 2.45) is 5.73 Å². The van der Waals surface area contributed by atoms with E-state index in [2.05, 4.69) is 4.98 Å². The van der Waals surface area contributed by atoms with Crippen molar-refractivity contribution in [1.82, 2.24) is 4.98 Å². The molecule has 0 aliphatic heterocycles. The van der Waals surface area contributed by atoms with E-state index in [1.54, 1.807) is 30.4 Å². The molecule has 4 heteroatoms. The number of aryl methyl sites for hydroxylation is 2. The maximum absolute atomic E-state index is 13.5. The van der Waals surface area contributed by atoms with Crippen LogP contribution in [0.15, 0.2) is 23.6 Å². The van der Waals surface area contributed by atoms with Crippen LogP contribution < -0.4 is 5.73 Å². The van der Waals surface area contributed by atoms with E-state index in [9.17, 15) is 4.39 Å². The fourth-order valence-corrected chi connectivity index (χ4v) is 2.58. The Labute approximate surface area is 111 Å². The molecule has 1 aromatic heterocycles. The van der Waals surface area contributed by atoms with Gasteiger partial charge in [-0.15, -0.1) is 11.3 Å². The number of unbranched alkanes of at least 4 members (excludes halogenated alkanes) is 1. The van der Waals surface area contributed by atoms with Gasteiger partial charge in [0.1, 0.15) is 5.82 Å². The van der Waals surface area contributed by atoms with Gasteiger partial charge in [-0.2, -0.15) is 0 Å². The van der Waals surface area contributed by atoms with Gasteiger partial charge in [-0.05, 0) is 44.4 Å². The summed E-state index contributed by atoms with van der Waals surface area (Å²) in [4.78, 5) is 4.53. The van der Waals surface area contributed by atoms with Crippen LogP contribution in [0.25, 0.3) is 11.3 Å². The van der Waals surface area contributed by atoms with Gasteiger partial charge in [0.25, 0.3) is 0 Å². The third kappa shape index (κ3) is 3.15. The Hall–Kier alpha value is -1.26. The van der Waals surface area contributed by atoms with Gasteiger partial charge >= 0.3 is 0 Å². The van der Waals surface area contributed by atoms with Crippen molar-refractivity contribution in [1.29, 1.82) is 0 Å². The first kappa shape index (κ1) is 13.2. The summed E-state index contributed by atoms with van der Waals surface area (Å²) in [5.41, 5.74) is 7.83. The van der Waals surface area contributed by atoms with E-state index in [4.69, 9.17) is 5.73 Å². The van der Waals surface area contributed by atoms with Gasteiger partial charge in [-0.1, -0.05) is 12.1 Å². The average Bonchev–Trinajstić information content (AvgIpc) is 2.82. The molecule has 0 unspecified atom stereocenters. The van der Waals surface area contributed by atoms with E-state index < -0.39 is 0 Å². The van der Waals surface area contributed by atoms with E-state index >= 15 is 0 Å². The van der Waals surface area contributed by atoms with Gasteiger partial charge in [-0.25, -0.2) is 9.37 Å². The molecule has 1 aromatic carbocycles. The molecule has 2 aromatic rings. The summed E-state index contributed by atoms with van der Waals surface area (Å²) in [7, 11) is 0. The summed E-state index contributed by atoms with van der Waals surface area (Å²) in [5, 5.41) is 3.08. The molecular weight excluding hydrogens is 247 g/mol. The van der Waals surface area contributed by atoms with Gasteiger partial charge in [0.2, 0.25) is 0 Å². The lowest BCUT2D eigenvalue weighted by Crippen LogP contribution is -1.98. The first-order valence-electron chi connectivity index (χ1n) is 6.11. The SMILES string of the molecule is Cc1ccc(-c2csc(CCCCN)n2)cc1F. The zero-order valence-corrected chi connectivity index (χ0v) is 11.3. The minimum atomic E-state index is -0.176. The minimum absolute atomic E-state index is 0.176. The number of benzene rings is 1. The predicted molar refractivity (Wildman–Crippen MR) is 74.2 cm³/mol. The van der Waals surface area contributed by atoms with Crippen LogP contribution in [0.5, 0.6) is 0 Å². The molecule has 0 spiro atoms. The molecule has 0 amide bonds. The van der Waals surface area contributed by atoms with Crippen LogP contribution in [-0.4, -0.2) is 11.5 Å². The molecule has 0 saturated carbocycles. The van der Waals surface area contributed by atoms with E-state index in [0.717, 1.165) is 42.1 Å². The van der Waals surface area contributed by atoms with Crippen molar-refractivity contribution < 1.29 is 4.39 Å². The second-order valence-electron chi connectivity index (χ2n) is 4.34. The second-order valence-corrected chi connectivity index (χ2v) is 5.28. The van der Waals surface area contributed by atoms with E-state index in [1.165, 1.54) is 0 Å². The van der Waals surface area contributed by atoms with Crippen LogP contribution in [0, 0.1) is 12.7 Å². The Kier molecular flexibility index (Phi) is 4.44. The molecule has 2 rings (SSSR count). The van der Waals surface area contributed by atoms with Crippen LogP contribution in [0.1, 0.15) is 23.4 Å². The molecule has 0 radical (unpaired) electrons. The second kappa shape index (κ2) is 6.07. The molecule has 96 valence electrons. The van der Waals surface area contributed by atoms with Crippen LogP contribution in [0.4, 0.5) is 4.39 Å². The molecule has 0 saturated heterocycles. The smallest absolute Gasteiger partial charge is 0.126 e. The Bertz CT molecular complexity index is 522. The number of thiazole rings is 1. The third-order valence-electron chi connectivity index (χ3n) is 2.86. The summed E-state index contributed by atoms with van der Waals surface area (Å²) >= 11 is 1.63. The van der Waals surface area contributed by atoms with Crippen LogP contribution in [0.2, 0.25) is 0 Å². The van der Waals surface area contributed by atoms with Crippen LogP contribution >= 0.6 is 11.3 Å². The van der Waals surface area contributed by atoms with E-state index in [1.807, 2.05) is 11.4 Å². The van der Waals surface area contributed by atoms with Crippen LogP contribution in [-0.2, 0) is 6.42 Å². The lowest BCUT2D eigenvalue weighted by atomic mass is 10.1. The number of nitrogens with zero attached hydrogens (tertiary/aromatic N) is 1. The highest BCUT2D eigenvalue weighted by Gasteiger charge is 2.06. The molecule has 0 aliphatic rings. The first-order chi connectivity index (χ1) is 8.70. The standard InChI is InChI=1S/C14H17FN2S/c1-10-5-6-11(8-12(10)15)13-9-18-14(17-13)4-2-3-7-16/h5-6,8-9H,2-4,7,16H2,1H3. The highest BCUT2D eigenvalue weighted by atomic mass is 32.1. The highest BCUT2D eigenvalue weighted by molar-refractivity contribution is 7.09. The third-order valence-corrected chi connectivity index (χ3v) is 3.77. The summed E-state index contributed by atoms with van der Waals surface area (Å²) < 4.78 is 13.5. The van der Waals surface area contributed by atoms with Gasteiger partial charge in [0.15, 0.2) is 0 Å². The summed E-state index contributed by atoms with van der Waals surface area (Å²) in [6.07, 6.45) is 3.04. The molecule has 2 nitrogen and oxygen atoms in total.